The fourth-order valence-corrected chi connectivity index (χ4v) is 2.93. The van der Waals surface area contributed by atoms with Crippen LogP contribution in [0.25, 0.3) is 0 Å². The van der Waals surface area contributed by atoms with Gasteiger partial charge in [0.1, 0.15) is 6.04 Å². The van der Waals surface area contributed by atoms with Gasteiger partial charge in [0.15, 0.2) is 0 Å². The minimum absolute atomic E-state index is 0.262. The van der Waals surface area contributed by atoms with Crippen LogP contribution in [0.2, 0.25) is 0 Å². The molecule has 1 fully saturated rings. The monoisotopic (exact) mass is 236 g/mol. The Morgan fingerprint density at radius 1 is 1.47 bits per heavy atom. The van der Waals surface area contributed by atoms with Crippen LogP contribution in [0.5, 0.6) is 0 Å². The number of hydrogen-bond donors (Lipinski definition) is 4. The van der Waals surface area contributed by atoms with Gasteiger partial charge < -0.3 is 15.4 Å². The van der Waals surface area contributed by atoms with Gasteiger partial charge in [0.2, 0.25) is 0 Å². The molecule has 0 bridgehead atoms. The molecule has 0 radical (unpaired) electrons. The summed E-state index contributed by atoms with van der Waals surface area (Å²) < 4.78 is 0. The molecule has 92 valence electrons. The zero-order chi connectivity index (χ0) is 11.9. The van der Waals surface area contributed by atoms with Crippen molar-refractivity contribution in [2.45, 2.75) is 30.8 Å². The molecule has 2 aliphatic rings. The normalized spacial score (nSPS) is 26.7. The van der Waals surface area contributed by atoms with Gasteiger partial charge in [0.25, 0.3) is 0 Å². The van der Waals surface area contributed by atoms with Gasteiger partial charge in [-0.25, -0.2) is 4.98 Å². The van der Waals surface area contributed by atoms with Crippen LogP contribution in [-0.4, -0.2) is 40.2 Å². The van der Waals surface area contributed by atoms with Gasteiger partial charge in [-0.2, -0.15) is 0 Å². The van der Waals surface area contributed by atoms with Gasteiger partial charge in [0, 0.05) is 12.1 Å². The predicted molar refractivity (Wildman–Crippen MR) is 60.6 cm³/mol. The van der Waals surface area contributed by atoms with Crippen molar-refractivity contribution in [1.29, 1.82) is 0 Å². The van der Waals surface area contributed by atoms with Crippen LogP contribution in [0, 0.1) is 0 Å². The average Bonchev–Trinajstić information content (AvgIpc) is 2.79. The lowest BCUT2D eigenvalue weighted by molar-refractivity contribution is -0.140. The molecular weight excluding hydrogens is 220 g/mol. The molecule has 1 saturated heterocycles. The van der Waals surface area contributed by atoms with Crippen molar-refractivity contribution in [2.24, 2.45) is 0 Å². The zero-order valence-electron chi connectivity index (χ0n) is 9.49. The maximum atomic E-state index is 11.2. The molecule has 0 unspecified atom stereocenters. The Bertz CT molecular complexity index is 436. The first-order valence-electron chi connectivity index (χ1n) is 5.95. The number of aromatic nitrogens is 2. The Morgan fingerprint density at radius 3 is 2.94 bits per heavy atom. The molecule has 0 aliphatic carbocycles. The fourth-order valence-electron chi connectivity index (χ4n) is 2.93. The molecule has 1 spiro atoms. The van der Waals surface area contributed by atoms with Crippen molar-refractivity contribution < 1.29 is 9.90 Å². The summed E-state index contributed by atoms with van der Waals surface area (Å²) in [4.78, 5) is 18.7. The Kier molecular flexibility index (Phi) is 2.41. The van der Waals surface area contributed by atoms with Crippen molar-refractivity contribution >= 4 is 5.97 Å². The van der Waals surface area contributed by atoms with Gasteiger partial charge in [-0.15, -0.1) is 0 Å². The molecule has 3 rings (SSSR count). The minimum atomic E-state index is -0.789. The molecule has 17 heavy (non-hydrogen) atoms. The van der Waals surface area contributed by atoms with E-state index in [1.165, 1.54) is 0 Å². The number of H-pyrrole nitrogens is 1. The van der Waals surface area contributed by atoms with E-state index in [2.05, 4.69) is 20.6 Å². The molecule has 0 saturated carbocycles. The summed E-state index contributed by atoms with van der Waals surface area (Å²) in [5.74, 6) is -0.789. The third kappa shape index (κ3) is 1.64. The maximum Gasteiger partial charge on any atom is 0.321 e. The van der Waals surface area contributed by atoms with E-state index in [-0.39, 0.29) is 5.54 Å². The molecule has 0 amide bonds. The number of fused-ring (bicyclic) bond motifs is 2. The number of nitrogens with zero attached hydrogens (tertiary/aromatic N) is 1. The Labute approximate surface area is 98.8 Å². The van der Waals surface area contributed by atoms with Crippen molar-refractivity contribution in [1.82, 2.24) is 20.6 Å². The summed E-state index contributed by atoms with van der Waals surface area (Å²) in [6, 6.07) is -0.513. The first-order valence-corrected chi connectivity index (χ1v) is 5.95. The molecule has 3 heterocycles. The summed E-state index contributed by atoms with van der Waals surface area (Å²) in [7, 11) is 0. The number of aliphatic carboxylic acids is 1. The summed E-state index contributed by atoms with van der Waals surface area (Å²) >= 11 is 0. The highest BCUT2D eigenvalue weighted by molar-refractivity contribution is 5.74. The number of hydrogen-bond acceptors (Lipinski definition) is 4. The van der Waals surface area contributed by atoms with Gasteiger partial charge >= 0.3 is 5.97 Å². The number of carboxylic acid groups (broad SMARTS) is 1. The largest absolute Gasteiger partial charge is 0.480 e. The van der Waals surface area contributed by atoms with Gasteiger partial charge in [0.05, 0.1) is 17.6 Å². The van der Waals surface area contributed by atoms with Crippen LogP contribution in [-0.2, 0) is 16.8 Å². The van der Waals surface area contributed by atoms with Crippen molar-refractivity contribution in [3.05, 3.63) is 17.7 Å². The first kappa shape index (κ1) is 10.7. The molecule has 1 atom stereocenters. The molecule has 0 aromatic carbocycles. The van der Waals surface area contributed by atoms with Gasteiger partial charge in [-0.1, -0.05) is 0 Å². The lowest BCUT2D eigenvalue weighted by Gasteiger charge is -2.42. The maximum absolute atomic E-state index is 11.2. The summed E-state index contributed by atoms with van der Waals surface area (Å²) in [5.41, 5.74) is 1.72. The van der Waals surface area contributed by atoms with Crippen LogP contribution in [0.15, 0.2) is 6.33 Å². The number of nitrogens with one attached hydrogen (secondary N) is 3. The highest BCUT2D eigenvalue weighted by Gasteiger charge is 2.44. The number of piperidine rings is 1. The topological polar surface area (TPSA) is 90.0 Å². The van der Waals surface area contributed by atoms with E-state index < -0.39 is 12.0 Å². The van der Waals surface area contributed by atoms with Gasteiger partial charge in [-0.3, -0.25) is 10.1 Å². The molecular formula is C11H16N4O2. The van der Waals surface area contributed by atoms with E-state index in [9.17, 15) is 9.90 Å². The van der Waals surface area contributed by atoms with Crippen LogP contribution in [0.1, 0.15) is 24.2 Å². The second-order valence-electron chi connectivity index (χ2n) is 4.80. The molecule has 6 heteroatoms. The molecule has 1 aromatic heterocycles. The van der Waals surface area contributed by atoms with E-state index in [1.54, 1.807) is 6.33 Å². The lowest BCUT2D eigenvalue weighted by atomic mass is 9.79. The lowest BCUT2D eigenvalue weighted by Crippen LogP contribution is -2.59. The smallest absolute Gasteiger partial charge is 0.321 e. The van der Waals surface area contributed by atoms with Crippen LogP contribution >= 0.6 is 0 Å². The third-order valence-electron chi connectivity index (χ3n) is 3.79. The molecule has 4 N–H and O–H groups in total. The highest BCUT2D eigenvalue weighted by Crippen LogP contribution is 2.35. The van der Waals surface area contributed by atoms with E-state index in [1.807, 2.05) is 0 Å². The summed E-state index contributed by atoms with van der Waals surface area (Å²) in [6.07, 6.45) is 3.92. The minimum Gasteiger partial charge on any atom is -0.480 e. The second kappa shape index (κ2) is 3.82. The summed E-state index contributed by atoms with van der Waals surface area (Å²) in [6.45, 7) is 1.79. The first-order chi connectivity index (χ1) is 8.21. The second-order valence-corrected chi connectivity index (χ2v) is 4.80. The van der Waals surface area contributed by atoms with Crippen molar-refractivity contribution in [3.63, 3.8) is 0 Å². The van der Waals surface area contributed by atoms with E-state index in [0.717, 1.165) is 37.3 Å². The highest BCUT2D eigenvalue weighted by atomic mass is 16.4. The van der Waals surface area contributed by atoms with E-state index in [4.69, 9.17) is 0 Å². The van der Waals surface area contributed by atoms with Crippen LogP contribution in [0.4, 0.5) is 0 Å². The summed E-state index contributed by atoms with van der Waals surface area (Å²) in [5, 5.41) is 15.8. The molecule has 2 aliphatic heterocycles. The number of imidazole rings is 1. The van der Waals surface area contributed by atoms with Crippen LogP contribution < -0.4 is 10.6 Å². The standard InChI is InChI=1S/C11H16N4O2/c16-10(17)8-5-7-9(14-6-13-7)11(15-8)1-3-12-4-2-11/h6,8,12,15H,1-5H2,(H,13,14)(H,16,17)/t8-/m1/s1. The quantitative estimate of drug-likeness (QED) is 0.532. The average molecular weight is 236 g/mol. The number of carboxylic acids is 1. The van der Waals surface area contributed by atoms with Crippen molar-refractivity contribution in [3.8, 4) is 0 Å². The third-order valence-corrected chi connectivity index (χ3v) is 3.79. The SMILES string of the molecule is O=C(O)[C@H]1Cc2[nH]cnc2C2(CCNCC2)N1. The van der Waals surface area contributed by atoms with E-state index >= 15 is 0 Å². The molecule has 1 aromatic rings. The van der Waals surface area contributed by atoms with Crippen LogP contribution in [0.3, 0.4) is 0 Å². The number of carbonyl (C=O) groups is 1. The molecule has 6 nitrogen and oxygen atoms in total. The Hall–Kier alpha value is -1.40. The Morgan fingerprint density at radius 2 is 2.24 bits per heavy atom. The number of aromatic amines is 1. The zero-order valence-corrected chi connectivity index (χ0v) is 9.49. The van der Waals surface area contributed by atoms with E-state index in [0.29, 0.717) is 6.42 Å². The predicted octanol–water partition coefficient (Wildman–Crippen LogP) is -0.413. The Balaban J connectivity index is 2.00. The van der Waals surface area contributed by atoms with Crippen molar-refractivity contribution in [2.75, 3.05) is 13.1 Å². The fraction of sp³-hybridized carbons (Fsp3) is 0.636. The van der Waals surface area contributed by atoms with Gasteiger partial charge in [-0.05, 0) is 25.9 Å². The number of rotatable bonds is 1.